The molecule has 2 heterocycles. The molecule has 5 nitrogen and oxygen atoms in total. The van der Waals surface area contributed by atoms with Gasteiger partial charge < -0.3 is 15.1 Å². The van der Waals surface area contributed by atoms with Crippen molar-refractivity contribution >= 4 is 27.7 Å². The lowest BCUT2D eigenvalue weighted by atomic mass is 10.2. The van der Waals surface area contributed by atoms with E-state index >= 15 is 0 Å². The van der Waals surface area contributed by atoms with Crippen molar-refractivity contribution in [3.63, 3.8) is 0 Å². The second-order valence-corrected chi connectivity index (χ2v) is 5.70. The summed E-state index contributed by atoms with van der Waals surface area (Å²) in [7, 11) is 1.91. The third kappa shape index (κ3) is 3.67. The minimum atomic E-state index is 0.160. The maximum atomic E-state index is 12.2. The fraction of sp³-hybridized carbons (Fsp3) is 0.538. The van der Waals surface area contributed by atoms with E-state index in [0.717, 1.165) is 42.0 Å². The molecule has 6 heteroatoms. The molecule has 0 radical (unpaired) electrons. The first-order valence-corrected chi connectivity index (χ1v) is 7.19. The monoisotopic (exact) mass is 326 g/mol. The van der Waals surface area contributed by atoms with Crippen LogP contribution in [0.1, 0.15) is 5.56 Å². The standard InChI is InChI=1S/C13H19BrN4O/c1-10-7-11(14)8-16-13(10)17(2)9-12(19)18-5-3-15-4-6-18/h7-8,15H,3-6,9H2,1-2H3. The molecule has 1 fully saturated rings. The average molecular weight is 327 g/mol. The number of halogens is 1. The third-order valence-corrected chi connectivity index (χ3v) is 3.65. The number of carbonyl (C=O) groups excluding carboxylic acids is 1. The molecule has 1 aromatic rings. The molecule has 1 N–H and O–H groups in total. The molecule has 0 bridgehead atoms. The number of hydrogen-bond acceptors (Lipinski definition) is 4. The smallest absolute Gasteiger partial charge is 0.242 e. The molecule has 1 saturated heterocycles. The molecule has 0 aliphatic carbocycles. The van der Waals surface area contributed by atoms with E-state index in [0.29, 0.717) is 6.54 Å². The molecule has 0 unspecified atom stereocenters. The molecule has 104 valence electrons. The van der Waals surface area contributed by atoms with Crippen LogP contribution in [0.15, 0.2) is 16.7 Å². The molecule has 0 aromatic carbocycles. The number of aromatic nitrogens is 1. The van der Waals surface area contributed by atoms with Crippen LogP contribution in [0.5, 0.6) is 0 Å². The topological polar surface area (TPSA) is 48.5 Å². The van der Waals surface area contributed by atoms with Crippen LogP contribution in [0.2, 0.25) is 0 Å². The number of rotatable bonds is 3. The SMILES string of the molecule is Cc1cc(Br)cnc1N(C)CC(=O)N1CCNCC1. The fourth-order valence-corrected chi connectivity index (χ4v) is 2.67. The van der Waals surface area contributed by atoms with Crippen LogP contribution in [0.3, 0.4) is 0 Å². The predicted octanol–water partition coefficient (Wildman–Crippen LogP) is 1.02. The zero-order valence-corrected chi connectivity index (χ0v) is 12.9. The van der Waals surface area contributed by atoms with Crippen molar-refractivity contribution in [2.45, 2.75) is 6.92 Å². The van der Waals surface area contributed by atoms with E-state index in [1.54, 1.807) is 6.20 Å². The Morgan fingerprint density at radius 2 is 2.21 bits per heavy atom. The molecule has 0 saturated carbocycles. The summed E-state index contributed by atoms with van der Waals surface area (Å²) >= 11 is 3.40. The highest BCUT2D eigenvalue weighted by molar-refractivity contribution is 9.10. The van der Waals surface area contributed by atoms with E-state index < -0.39 is 0 Å². The number of amides is 1. The molecule has 1 amide bonds. The van der Waals surface area contributed by atoms with Gasteiger partial charge in [-0.2, -0.15) is 0 Å². The first-order valence-electron chi connectivity index (χ1n) is 6.39. The van der Waals surface area contributed by atoms with Crippen LogP contribution in [-0.2, 0) is 4.79 Å². The lowest BCUT2D eigenvalue weighted by Gasteiger charge is -2.29. The van der Waals surface area contributed by atoms with Crippen molar-refractivity contribution in [2.75, 3.05) is 44.7 Å². The van der Waals surface area contributed by atoms with Crippen molar-refractivity contribution in [3.05, 3.63) is 22.3 Å². The maximum Gasteiger partial charge on any atom is 0.242 e. The summed E-state index contributed by atoms with van der Waals surface area (Å²) in [6.45, 7) is 5.71. The lowest BCUT2D eigenvalue weighted by molar-refractivity contribution is -0.130. The summed E-state index contributed by atoms with van der Waals surface area (Å²) in [6.07, 6.45) is 1.76. The van der Waals surface area contributed by atoms with Crippen molar-refractivity contribution in [3.8, 4) is 0 Å². The van der Waals surface area contributed by atoms with Gasteiger partial charge in [-0.3, -0.25) is 4.79 Å². The molecular weight excluding hydrogens is 308 g/mol. The summed E-state index contributed by atoms with van der Waals surface area (Å²) in [5, 5.41) is 3.24. The van der Waals surface area contributed by atoms with Crippen LogP contribution in [0.25, 0.3) is 0 Å². The number of carbonyl (C=O) groups is 1. The van der Waals surface area contributed by atoms with Gasteiger partial charge in [-0.15, -0.1) is 0 Å². The largest absolute Gasteiger partial charge is 0.350 e. The number of nitrogens with zero attached hydrogens (tertiary/aromatic N) is 3. The number of piperazine rings is 1. The van der Waals surface area contributed by atoms with Gasteiger partial charge in [-0.05, 0) is 34.5 Å². The van der Waals surface area contributed by atoms with Crippen molar-refractivity contribution in [1.29, 1.82) is 0 Å². The Balaban J connectivity index is 1.99. The summed E-state index contributed by atoms with van der Waals surface area (Å²) in [5.41, 5.74) is 1.06. The van der Waals surface area contributed by atoms with E-state index in [4.69, 9.17) is 0 Å². The van der Waals surface area contributed by atoms with Crippen molar-refractivity contribution in [1.82, 2.24) is 15.2 Å². The van der Waals surface area contributed by atoms with Crippen molar-refractivity contribution < 1.29 is 4.79 Å². The Morgan fingerprint density at radius 1 is 1.53 bits per heavy atom. The summed E-state index contributed by atoms with van der Waals surface area (Å²) in [5.74, 6) is 1.01. The quantitative estimate of drug-likeness (QED) is 0.901. The van der Waals surface area contributed by atoms with Gasteiger partial charge >= 0.3 is 0 Å². The fourth-order valence-electron chi connectivity index (χ4n) is 2.22. The van der Waals surface area contributed by atoms with Crippen LogP contribution in [-0.4, -0.2) is 55.6 Å². The first-order chi connectivity index (χ1) is 9.08. The van der Waals surface area contributed by atoms with Gasteiger partial charge in [0.05, 0.1) is 6.54 Å². The maximum absolute atomic E-state index is 12.2. The van der Waals surface area contributed by atoms with Gasteiger partial charge in [0.15, 0.2) is 0 Å². The highest BCUT2D eigenvalue weighted by Gasteiger charge is 2.18. The Morgan fingerprint density at radius 3 is 2.84 bits per heavy atom. The van der Waals surface area contributed by atoms with E-state index in [1.807, 2.05) is 29.8 Å². The van der Waals surface area contributed by atoms with Crippen LogP contribution in [0.4, 0.5) is 5.82 Å². The zero-order valence-electron chi connectivity index (χ0n) is 11.3. The zero-order chi connectivity index (χ0) is 13.8. The van der Waals surface area contributed by atoms with Gasteiger partial charge in [0.25, 0.3) is 0 Å². The molecule has 1 aliphatic rings. The van der Waals surface area contributed by atoms with E-state index in [-0.39, 0.29) is 5.91 Å². The normalized spacial score (nSPS) is 15.4. The molecule has 19 heavy (non-hydrogen) atoms. The Kier molecular flexibility index (Phi) is 4.76. The minimum absolute atomic E-state index is 0.160. The highest BCUT2D eigenvalue weighted by atomic mass is 79.9. The summed E-state index contributed by atoms with van der Waals surface area (Å²) in [4.78, 5) is 20.4. The average Bonchev–Trinajstić information content (AvgIpc) is 2.39. The first kappa shape index (κ1) is 14.3. The lowest BCUT2D eigenvalue weighted by Crippen LogP contribution is -2.49. The van der Waals surface area contributed by atoms with Gasteiger partial charge in [0.2, 0.25) is 5.91 Å². The summed E-state index contributed by atoms with van der Waals surface area (Å²) in [6, 6.07) is 2.01. The summed E-state index contributed by atoms with van der Waals surface area (Å²) < 4.78 is 0.954. The third-order valence-electron chi connectivity index (χ3n) is 3.22. The van der Waals surface area contributed by atoms with E-state index in [1.165, 1.54) is 0 Å². The molecule has 1 aromatic heterocycles. The van der Waals surface area contributed by atoms with Gasteiger partial charge in [-0.1, -0.05) is 0 Å². The number of likely N-dealkylation sites (N-methyl/N-ethyl adjacent to an activating group) is 1. The number of pyridine rings is 1. The second-order valence-electron chi connectivity index (χ2n) is 4.78. The van der Waals surface area contributed by atoms with Gasteiger partial charge in [0, 0.05) is 43.9 Å². The molecule has 2 rings (SSSR count). The Hall–Kier alpha value is -1.14. The van der Waals surface area contributed by atoms with E-state index in [2.05, 4.69) is 26.2 Å². The van der Waals surface area contributed by atoms with E-state index in [9.17, 15) is 4.79 Å². The van der Waals surface area contributed by atoms with Gasteiger partial charge in [0.1, 0.15) is 5.82 Å². The second kappa shape index (κ2) is 6.34. The number of hydrogen-bond donors (Lipinski definition) is 1. The number of anilines is 1. The number of aryl methyl sites for hydroxylation is 1. The molecule has 0 atom stereocenters. The van der Waals surface area contributed by atoms with Crippen LogP contribution < -0.4 is 10.2 Å². The Labute approximate surface area is 122 Å². The molecule has 0 spiro atoms. The Bertz CT molecular complexity index is 460. The highest BCUT2D eigenvalue weighted by Crippen LogP contribution is 2.19. The van der Waals surface area contributed by atoms with Crippen molar-refractivity contribution in [2.24, 2.45) is 0 Å². The van der Waals surface area contributed by atoms with Gasteiger partial charge in [-0.25, -0.2) is 4.98 Å². The number of nitrogens with one attached hydrogen (secondary N) is 1. The predicted molar refractivity (Wildman–Crippen MR) is 79.4 cm³/mol. The minimum Gasteiger partial charge on any atom is -0.350 e. The molecule has 1 aliphatic heterocycles. The van der Waals surface area contributed by atoms with Crippen LogP contribution in [0, 0.1) is 6.92 Å². The van der Waals surface area contributed by atoms with Crippen LogP contribution >= 0.6 is 15.9 Å². The molecular formula is C13H19BrN4O.